The first-order valence-electron chi connectivity index (χ1n) is 6.44. The molecular weight excluding hydrogens is 350 g/mol. The lowest BCUT2D eigenvalue weighted by Gasteiger charge is -2.08. The van der Waals surface area contributed by atoms with E-state index in [1.165, 1.54) is 0 Å². The molecule has 0 saturated carbocycles. The van der Waals surface area contributed by atoms with Gasteiger partial charge in [0.25, 0.3) is 0 Å². The molecule has 0 bridgehead atoms. The van der Waals surface area contributed by atoms with Crippen molar-refractivity contribution in [1.29, 1.82) is 5.26 Å². The van der Waals surface area contributed by atoms with Gasteiger partial charge in [-0.05, 0) is 48.9 Å². The van der Waals surface area contributed by atoms with Crippen LogP contribution < -0.4 is 4.74 Å². The van der Waals surface area contributed by atoms with Gasteiger partial charge in [-0.3, -0.25) is 0 Å². The van der Waals surface area contributed by atoms with Gasteiger partial charge in [-0.2, -0.15) is 5.26 Å². The molecule has 0 unspecified atom stereocenters. The molecule has 0 radical (unpaired) electrons. The lowest BCUT2D eigenvalue weighted by atomic mass is 10.0. The Morgan fingerprint density at radius 1 is 1.29 bits per heavy atom. The smallest absolute Gasteiger partial charge is 0.126 e. The summed E-state index contributed by atoms with van der Waals surface area (Å²) in [6, 6.07) is 15.2. The van der Waals surface area contributed by atoms with Gasteiger partial charge in [0.05, 0.1) is 18.2 Å². The topological polar surface area (TPSA) is 33.0 Å². The number of benzene rings is 2. The summed E-state index contributed by atoms with van der Waals surface area (Å²) in [6.07, 6.45) is 1.79. The van der Waals surface area contributed by atoms with E-state index >= 15 is 0 Å². The minimum absolute atomic E-state index is 0.558. The first-order valence-corrected chi connectivity index (χ1v) is 7.61. The van der Waals surface area contributed by atoms with E-state index in [0.29, 0.717) is 23.0 Å². The zero-order chi connectivity index (χ0) is 15.2. The summed E-state index contributed by atoms with van der Waals surface area (Å²) in [6.45, 7) is 2.48. The molecule has 106 valence electrons. The van der Waals surface area contributed by atoms with Crippen molar-refractivity contribution in [3.05, 3.63) is 63.1 Å². The molecule has 2 aromatic rings. The Balaban J connectivity index is 2.47. The maximum atomic E-state index is 9.40. The maximum absolute atomic E-state index is 9.40. The molecule has 2 rings (SSSR count). The second-order valence-electron chi connectivity index (χ2n) is 4.29. The number of nitrogens with zero attached hydrogens (tertiary/aromatic N) is 1. The van der Waals surface area contributed by atoms with Gasteiger partial charge in [-0.25, -0.2) is 0 Å². The van der Waals surface area contributed by atoms with E-state index in [2.05, 4.69) is 22.0 Å². The van der Waals surface area contributed by atoms with Crippen molar-refractivity contribution in [1.82, 2.24) is 0 Å². The van der Waals surface area contributed by atoms with Gasteiger partial charge in [0.2, 0.25) is 0 Å². The van der Waals surface area contributed by atoms with Gasteiger partial charge in [-0.15, -0.1) is 0 Å². The fourth-order valence-corrected chi connectivity index (χ4v) is 2.33. The predicted octanol–water partition coefficient (Wildman–Crippen LogP) is 5.57. The Labute approximate surface area is 137 Å². The zero-order valence-corrected chi connectivity index (χ0v) is 13.8. The third kappa shape index (κ3) is 4.10. The molecule has 0 spiro atoms. The van der Waals surface area contributed by atoms with Crippen LogP contribution in [0.1, 0.15) is 18.1 Å². The summed E-state index contributed by atoms with van der Waals surface area (Å²) >= 11 is 9.42. The third-order valence-corrected chi connectivity index (χ3v) is 3.61. The van der Waals surface area contributed by atoms with Crippen molar-refractivity contribution >= 4 is 39.2 Å². The molecule has 2 aromatic carbocycles. The number of halogens is 2. The van der Waals surface area contributed by atoms with Crippen LogP contribution in [0.4, 0.5) is 0 Å². The Kier molecular flexibility index (Phi) is 5.44. The monoisotopic (exact) mass is 361 g/mol. The Hall–Kier alpha value is -1.76. The minimum atomic E-state index is 0.558. The molecule has 0 atom stereocenters. The molecule has 0 aliphatic heterocycles. The molecule has 0 aliphatic carbocycles. The second kappa shape index (κ2) is 7.31. The standard InChI is InChI=1S/C17H13BrClNO/c1-2-21-17-8-7-16(19)10-13(17)9-14(11-20)12-3-5-15(18)6-4-12/h3-10H,2H2,1H3. The van der Waals surface area contributed by atoms with E-state index in [1.807, 2.05) is 37.3 Å². The molecule has 0 aromatic heterocycles. The maximum Gasteiger partial charge on any atom is 0.126 e. The number of ether oxygens (including phenoxy) is 1. The van der Waals surface area contributed by atoms with Crippen molar-refractivity contribution in [2.45, 2.75) is 6.92 Å². The summed E-state index contributed by atoms with van der Waals surface area (Å²) in [5.74, 6) is 0.715. The fraction of sp³-hybridized carbons (Fsp3) is 0.118. The minimum Gasteiger partial charge on any atom is -0.493 e. The average Bonchev–Trinajstić information content (AvgIpc) is 2.48. The molecule has 0 heterocycles. The van der Waals surface area contributed by atoms with Gasteiger partial charge in [0.15, 0.2) is 0 Å². The predicted molar refractivity (Wildman–Crippen MR) is 90.2 cm³/mol. The highest BCUT2D eigenvalue weighted by Gasteiger charge is 2.06. The van der Waals surface area contributed by atoms with Crippen LogP contribution in [0, 0.1) is 11.3 Å². The fourth-order valence-electron chi connectivity index (χ4n) is 1.88. The van der Waals surface area contributed by atoms with Crippen LogP contribution in [0.5, 0.6) is 5.75 Å². The highest BCUT2D eigenvalue weighted by Crippen LogP contribution is 2.28. The molecule has 2 nitrogen and oxygen atoms in total. The summed E-state index contributed by atoms with van der Waals surface area (Å²) in [5.41, 5.74) is 2.21. The highest BCUT2D eigenvalue weighted by molar-refractivity contribution is 9.10. The van der Waals surface area contributed by atoms with E-state index in [4.69, 9.17) is 16.3 Å². The van der Waals surface area contributed by atoms with Crippen molar-refractivity contribution in [2.75, 3.05) is 6.61 Å². The quantitative estimate of drug-likeness (QED) is 0.526. The van der Waals surface area contributed by atoms with Crippen LogP contribution in [0.2, 0.25) is 5.02 Å². The molecule has 4 heteroatoms. The summed E-state index contributed by atoms with van der Waals surface area (Å²) in [4.78, 5) is 0. The SMILES string of the molecule is CCOc1ccc(Cl)cc1C=C(C#N)c1ccc(Br)cc1. The molecule has 0 aliphatic rings. The number of allylic oxidation sites excluding steroid dienone is 1. The molecule has 0 amide bonds. The van der Waals surface area contributed by atoms with E-state index in [1.54, 1.807) is 18.2 Å². The van der Waals surface area contributed by atoms with E-state index in [0.717, 1.165) is 15.6 Å². The van der Waals surface area contributed by atoms with Gasteiger partial charge >= 0.3 is 0 Å². The first-order chi connectivity index (χ1) is 10.1. The number of hydrogen-bond acceptors (Lipinski definition) is 2. The molecule has 0 N–H and O–H groups in total. The normalized spacial score (nSPS) is 11.0. The third-order valence-electron chi connectivity index (χ3n) is 2.85. The molecule has 0 fully saturated rings. The average molecular weight is 363 g/mol. The largest absolute Gasteiger partial charge is 0.493 e. The Morgan fingerprint density at radius 2 is 2.00 bits per heavy atom. The zero-order valence-electron chi connectivity index (χ0n) is 11.4. The molecule has 0 saturated heterocycles. The lowest BCUT2D eigenvalue weighted by molar-refractivity contribution is 0.339. The second-order valence-corrected chi connectivity index (χ2v) is 5.64. The number of nitriles is 1. The molecular formula is C17H13BrClNO. The molecule has 21 heavy (non-hydrogen) atoms. The Morgan fingerprint density at radius 3 is 2.62 bits per heavy atom. The van der Waals surface area contributed by atoms with Gasteiger partial charge in [0.1, 0.15) is 5.75 Å². The van der Waals surface area contributed by atoms with E-state index in [-0.39, 0.29) is 0 Å². The van der Waals surface area contributed by atoms with Gasteiger partial charge in [-0.1, -0.05) is 39.7 Å². The van der Waals surface area contributed by atoms with Crippen molar-refractivity contribution < 1.29 is 4.74 Å². The number of hydrogen-bond donors (Lipinski definition) is 0. The van der Waals surface area contributed by atoms with Crippen LogP contribution in [0.15, 0.2) is 46.9 Å². The summed E-state index contributed by atoms with van der Waals surface area (Å²) in [7, 11) is 0. The first kappa shape index (κ1) is 15.6. The van der Waals surface area contributed by atoms with Crippen LogP contribution in [0.3, 0.4) is 0 Å². The van der Waals surface area contributed by atoms with Crippen LogP contribution in [0.25, 0.3) is 11.6 Å². The Bertz CT molecular complexity index is 702. The summed E-state index contributed by atoms with van der Waals surface area (Å²) < 4.78 is 6.55. The van der Waals surface area contributed by atoms with Crippen LogP contribution in [-0.2, 0) is 0 Å². The summed E-state index contributed by atoms with van der Waals surface area (Å²) in [5, 5.41) is 10.0. The highest BCUT2D eigenvalue weighted by atomic mass is 79.9. The van der Waals surface area contributed by atoms with E-state index in [9.17, 15) is 5.26 Å². The van der Waals surface area contributed by atoms with Crippen molar-refractivity contribution in [3.8, 4) is 11.8 Å². The van der Waals surface area contributed by atoms with Crippen molar-refractivity contribution in [2.24, 2.45) is 0 Å². The van der Waals surface area contributed by atoms with Crippen LogP contribution >= 0.6 is 27.5 Å². The van der Waals surface area contributed by atoms with Gasteiger partial charge < -0.3 is 4.74 Å². The lowest BCUT2D eigenvalue weighted by Crippen LogP contribution is -1.94. The number of rotatable bonds is 4. The van der Waals surface area contributed by atoms with Crippen molar-refractivity contribution in [3.63, 3.8) is 0 Å². The van der Waals surface area contributed by atoms with E-state index < -0.39 is 0 Å². The van der Waals surface area contributed by atoms with Crippen LogP contribution in [-0.4, -0.2) is 6.61 Å². The van der Waals surface area contributed by atoms with Gasteiger partial charge in [0, 0.05) is 15.1 Å².